The van der Waals surface area contributed by atoms with Gasteiger partial charge in [-0.2, -0.15) is 0 Å². The summed E-state index contributed by atoms with van der Waals surface area (Å²) in [5, 5.41) is 21.8. The first-order chi connectivity index (χ1) is 24.8. The lowest BCUT2D eigenvalue weighted by Gasteiger charge is -2.22. The molecule has 1 fully saturated rings. The lowest BCUT2D eigenvalue weighted by atomic mass is 9.90. The number of unbranched alkanes of at least 4 members (excludes halogenated alkanes) is 10. The molecule has 8 heteroatoms. The number of nitrogens with one attached hydrogen (secondary N) is 6. The Labute approximate surface area is 322 Å². The average Bonchev–Trinajstić information content (AvgIpc) is 3.14. The van der Waals surface area contributed by atoms with Gasteiger partial charge >= 0.3 is 0 Å². The maximum atomic E-state index is 6.41. The van der Waals surface area contributed by atoms with E-state index in [2.05, 4.69) is 63.9 Å². The third-order valence-electron chi connectivity index (χ3n) is 10.1. The van der Waals surface area contributed by atoms with E-state index >= 15 is 0 Å². The molecule has 7 nitrogen and oxygen atoms in total. The molecule has 1 aliphatic rings. The molecule has 300 valence electrons. The molecule has 0 aromatic heterocycles. The second kappa shape index (κ2) is 37.4. The van der Waals surface area contributed by atoms with E-state index in [1.807, 2.05) is 0 Å². The zero-order chi connectivity index (χ0) is 35.4. The van der Waals surface area contributed by atoms with E-state index in [0.717, 1.165) is 96.6 Å². The minimum Gasteiger partial charge on any atom is -0.493 e. The van der Waals surface area contributed by atoms with Crippen LogP contribution in [0.2, 0.25) is 0 Å². The molecule has 0 amide bonds. The number of halogens is 1. The van der Waals surface area contributed by atoms with Crippen LogP contribution in [0.3, 0.4) is 0 Å². The highest BCUT2D eigenvalue weighted by Gasteiger charge is 2.14. The van der Waals surface area contributed by atoms with Gasteiger partial charge in [0.05, 0.1) is 6.61 Å². The van der Waals surface area contributed by atoms with E-state index in [-0.39, 0.29) is 12.4 Å². The summed E-state index contributed by atoms with van der Waals surface area (Å²) in [6.07, 6.45) is 28.0. The zero-order valence-electron chi connectivity index (χ0n) is 33.7. The highest BCUT2D eigenvalue weighted by Crippen LogP contribution is 2.25. The van der Waals surface area contributed by atoms with Gasteiger partial charge in [0.1, 0.15) is 5.75 Å². The van der Waals surface area contributed by atoms with Crippen molar-refractivity contribution >= 4 is 12.4 Å². The van der Waals surface area contributed by atoms with Gasteiger partial charge in [0.25, 0.3) is 0 Å². The Morgan fingerprint density at radius 1 is 0.451 bits per heavy atom. The fourth-order valence-electron chi connectivity index (χ4n) is 6.96. The van der Waals surface area contributed by atoms with Crippen LogP contribution in [-0.2, 0) is 13.1 Å². The van der Waals surface area contributed by atoms with Crippen LogP contribution in [0.25, 0.3) is 0 Å². The second-order valence-corrected chi connectivity index (χ2v) is 15.1. The molecule has 0 spiro atoms. The van der Waals surface area contributed by atoms with Crippen LogP contribution in [-0.4, -0.2) is 72.1 Å². The van der Waals surface area contributed by atoms with Gasteiger partial charge in [-0.1, -0.05) is 103 Å². The molecule has 1 aromatic rings. The molecule has 1 aromatic carbocycles. The predicted octanol–water partition coefficient (Wildman–Crippen LogP) is 8.89. The van der Waals surface area contributed by atoms with Gasteiger partial charge in [-0.3, -0.25) is 0 Å². The van der Waals surface area contributed by atoms with Gasteiger partial charge in [0.15, 0.2) is 0 Å². The van der Waals surface area contributed by atoms with Crippen LogP contribution >= 0.6 is 12.4 Å². The Balaban J connectivity index is 0.0000130. The van der Waals surface area contributed by atoms with E-state index < -0.39 is 0 Å². The summed E-state index contributed by atoms with van der Waals surface area (Å²) in [6, 6.07) is 6.89. The summed E-state index contributed by atoms with van der Waals surface area (Å²) >= 11 is 0. The van der Waals surface area contributed by atoms with Gasteiger partial charge in [-0.05, 0) is 146 Å². The third kappa shape index (κ3) is 30.1. The molecular weight excluding hydrogens is 652 g/mol. The summed E-state index contributed by atoms with van der Waals surface area (Å²) in [5.41, 5.74) is 2.67. The molecule has 0 atom stereocenters. The van der Waals surface area contributed by atoms with Gasteiger partial charge in [0.2, 0.25) is 0 Å². The van der Waals surface area contributed by atoms with Crippen LogP contribution in [0, 0.1) is 5.92 Å². The first-order valence-electron chi connectivity index (χ1n) is 21.8. The van der Waals surface area contributed by atoms with Crippen LogP contribution < -0.4 is 36.6 Å². The number of hydrogen-bond acceptors (Lipinski definition) is 7. The van der Waals surface area contributed by atoms with E-state index in [9.17, 15) is 0 Å². The van der Waals surface area contributed by atoms with Crippen molar-refractivity contribution in [1.82, 2.24) is 31.9 Å². The molecule has 1 aliphatic carbocycles. The molecule has 0 heterocycles. The maximum Gasteiger partial charge on any atom is 0.119 e. The van der Waals surface area contributed by atoms with Crippen molar-refractivity contribution in [3.63, 3.8) is 0 Å². The quantitative estimate of drug-likeness (QED) is 0.0381. The van der Waals surface area contributed by atoms with Crippen molar-refractivity contribution < 1.29 is 4.74 Å². The number of rotatable bonds is 37. The van der Waals surface area contributed by atoms with Crippen molar-refractivity contribution in [2.45, 2.75) is 162 Å². The van der Waals surface area contributed by atoms with Crippen molar-refractivity contribution in [2.24, 2.45) is 5.92 Å². The average molecular weight is 738 g/mol. The molecule has 0 radical (unpaired) electrons. The highest BCUT2D eigenvalue weighted by molar-refractivity contribution is 5.85. The zero-order valence-corrected chi connectivity index (χ0v) is 34.5. The Morgan fingerprint density at radius 2 is 0.824 bits per heavy atom. The number of ether oxygens (including phenoxy) is 1. The summed E-state index contributed by atoms with van der Waals surface area (Å²) in [4.78, 5) is 0. The van der Waals surface area contributed by atoms with Crippen LogP contribution in [0.1, 0.15) is 160 Å². The van der Waals surface area contributed by atoms with Gasteiger partial charge in [-0.15, -0.1) is 12.4 Å². The van der Waals surface area contributed by atoms with Crippen molar-refractivity contribution in [3.8, 4) is 5.75 Å². The second-order valence-electron chi connectivity index (χ2n) is 15.1. The summed E-state index contributed by atoms with van der Waals surface area (Å²) < 4.78 is 6.41. The third-order valence-corrected chi connectivity index (χ3v) is 10.1. The molecule has 1 saturated carbocycles. The minimum absolute atomic E-state index is 0. The first-order valence-corrected chi connectivity index (χ1v) is 21.8. The largest absolute Gasteiger partial charge is 0.493 e. The Bertz CT molecular complexity index is 802. The fourth-order valence-corrected chi connectivity index (χ4v) is 6.96. The van der Waals surface area contributed by atoms with E-state index in [1.54, 1.807) is 0 Å². The maximum absolute atomic E-state index is 6.41. The van der Waals surface area contributed by atoms with Crippen LogP contribution in [0.5, 0.6) is 5.75 Å². The summed E-state index contributed by atoms with van der Waals surface area (Å²) in [6.45, 7) is 18.3. The number of hydrogen-bond donors (Lipinski definition) is 6. The van der Waals surface area contributed by atoms with E-state index in [4.69, 9.17) is 4.74 Å². The Morgan fingerprint density at radius 3 is 1.25 bits per heavy atom. The molecule has 6 N–H and O–H groups in total. The van der Waals surface area contributed by atoms with Gasteiger partial charge in [-0.25, -0.2) is 0 Å². The normalized spacial score (nSPS) is 13.5. The molecule has 0 bridgehead atoms. The minimum atomic E-state index is 0. The van der Waals surface area contributed by atoms with Crippen molar-refractivity contribution in [2.75, 3.05) is 72.1 Å². The lowest BCUT2D eigenvalue weighted by Crippen LogP contribution is -2.26. The fraction of sp³-hybridized carbons (Fsp3) is 0.860. The highest BCUT2D eigenvalue weighted by atomic mass is 35.5. The van der Waals surface area contributed by atoms with Crippen LogP contribution in [0.15, 0.2) is 18.2 Å². The van der Waals surface area contributed by atoms with E-state index in [1.165, 1.54) is 146 Å². The predicted molar refractivity (Wildman–Crippen MR) is 226 cm³/mol. The number of benzene rings is 1. The standard InChI is InChI=1S/C43H84N6O.ClH/c1-3-5-7-9-11-16-24-44-26-18-28-46-30-20-32-48-37-41-34-42(36-43(35-41)50-39-40-22-14-13-15-23-40)38-49-33-21-31-47-29-19-27-45-25-17-12-10-8-6-4-2;/h34-36,40,44-49H,3-33,37-39H2,1-2H3;1H. The SMILES string of the molecule is CCCCCCCCNCCCNCCCNCc1cc(CNCCCNCCCNCCCCCCCC)cc(OCC2CCCCC2)c1.Cl. The molecule has 2 rings (SSSR count). The molecular formula is C43H85ClN6O. The lowest BCUT2D eigenvalue weighted by molar-refractivity contribution is 0.208. The summed E-state index contributed by atoms with van der Waals surface area (Å²) in [7, 11) is 0. The smallest absolute Gasteiger partial charge is 0.119 e. The molecule has 0 saturated heterocycles. The van der Waals surface area contributed by atoms with E-state index in [0.29, 0.717) is 0 Å². The monoisotopic (exact) mass is 737 g/mol. The first kappa shape index (κ1) is 48.1. The Hall–Kier alpha value is -0.930. The Kier molecular flexibility index (Phi) is 35.3. The van der Waals surface area contributed by atoms with Gasteiger partial charge in [0, 0.05) is 13.1 Å². The van der Waals surface area contributed by atoms with Crippen molar-refractivity contribution in [3.05, 3.63) is 29.3 Å². The van der Waals surface area contributed by atoms with Gasteiger partial charge < -0.3 is 36.6 Å². The topological polar surface area (TPSA) is 81.4 Å². The summed E-state index contributed by atoms with van der Waals surface area (Å²) in [5.74, 6) is 1.77. The van der Waals surface area contributed by atoms with Crippen LogP contribution in [0.4, 0.5) is 0 Å². The molecule has 0 unspecified atom stereocenters. The molecule has 51 heavy (non-hydrogen) atoms. The molecule has 0 aliphatic heterocycles. The van der Waals surface area contributed by atoms with Crippen molar-refractivity contribution in [1.29, 1.82) is 0 Å².